The highest BCUT2D eigenvalue weighted by molar-refractivity contribution is 5.99. The van der Waals surface area contributed by atoms with Crippen LogP contribution in [0.15, 0.2) is 42.5 Å². The number of methoxy groups -OCH3 is 1. The van der Waals surface area contributed by atoms with E-state index < -0.39 is 11.8 Å². The number of rotatable bonds is 7. The average Bonchev–Trinajstić information content (AvgIpc) is 2.67. The van der Waals surface area contributed by atoms with Gasteiger partial charge in [-0.3, -0.25) is 14.4 Å². The summed E-state index contributed by atoms with van der Waals surface area (Å²) in [6.07, 6.45) is 0. The third-order valence-corrected chi connectivity index (χ3v) is 3.95. The second kappa shape index (κ2) is 9.38. The molecule has 0 aromatic heterocycles. The second-order valence-electron chi connectivity index (χ2n) is 5.97. The third kappa shape index (κ3) is 5.57. The van der Waals surface area contributed by atoms with E-state index in [9.17, 15) is 14.4 Å². The Morgan fingerprint density at radius 2 is 1.48 bits per heavy atom. The fraction of sp³-hybridized carbons (Fsp3) is 0.250. The highest BCUT2D eigenvalue weighted by Gasteiger charge is 2.13. The quantitative estimate of drug-likeness (QED) is 0.693. The summed E-state index contributed by atoms with van der Waals surface area (Å²) < 4.78 is 5.11. The minimum Gasteiger partial charge on any atom is -0.496 e. The normalized spacial score (nSPS) is 10.0. The Labute approximate surface area is 158 Å². The van der Waals surface area contributed by atoms with Gasteiger partial charge in [-0.25, -0.2) is 0 Å². The van der Waals surface area contributed by atoms with Crippen molar-refractivity contribution in [2.24, 2.45) is 0 Å². The van der Waals surface area contributed by atoms with Gasteiger partial charge in [0, 0.05) is 5.69 Å². The lowest BCUT2D eigenvalue weighted by molar-refractivity contribution is -0.123. The topological polar surface area (TPSA) is 96.5 Å². The molecule has 0 saturated heterocycles. The fourth-order valence-corrected chi connectivity index (χ4v) is 2.52. The van der Waals surface area contributed by atoms with Crippen LogP contribution in [-0.2, 0) is 9.59 Å². The molecule has 0 radical (unpaired) electrons. The first kappa shape index (κ1) is 20.0. The van der Waals surface area contributed by atoms with Crippen LogP contribution in [0.4, 0.5) is 5.69 Å². The highest BCUT2D eigenvalue weighted by atomic mass is 16.5. The van der Waals surface area contributed by atoms with Crippen molar-refractivity contribution < 1.29 is 19.1 Å². The molecule has 142 valence electrons. The van der Waals surface area contributed by atoms with Gasteiger partial charge in [0.25, 0.3) is 5.91 Å². The van der Waals surface area contributed by atoms with E-state index in [2.05, 4.69) is 16.0 Å². The van der Waals surface area contributed by atoms with Crippen LogP contribution >= 0.6 is 0 Å². The summed E-state index contributed by atoms with van der Waals surface area (Å²) in [5.41, 5.74) is 2.96. The molecule has 0 aliphatic rings. The molecule has 0 unspecified atom stereocenters. The van der Waals surface area contributed by atoms with Gasteiger partial charge in [-0.1, -0.05) is 30.3 Å². The predicted octanol–water partition coefficient (Wildman–Crippen LogP) is 1.80. The van der Waals surface area contributed by atoms with Crippen LogP contribution in [0.25, 0.3) is 0 Å². The molecule has 3 N–H and O–H groups in total. The van der Waals surface area contributed by atoms with E-state index in [0.717, 1.165) is 16.8 Å². The number of hydrogen-bond acceptors (Lipinski definition) is 4. The minimum absolute atomic E-state index is 0.183. The smallest absolute Gasteiger partial charge is 0.255 e. The van der Waals surface area contributed by atoms with Crippen LogP contribution < -0.4 is 20.7 Å². The first-order valence-corrected chi connectivity index (χ1v) is 8.46. The van der Waals surface area contributed by atoms with Gasteiger partial charge in [-0.05, 0) is 37.1 Å². The Morgan fingerprint density at radius 1 is 0.852 bits per heavy atom. The molecular formula is C20H23N3O4. The molecule has 27 heavy (non-hydrogen) atoms. The van der Waals surface area contributed by atoms with Crippen LogP contribution in [0, 0.1) is 13.8 Å². The van der Waals surface area contributed by atoms with Crippen molar-refractivity contribution in [3.05, 3.63) is 59.2 Å². The number of carbonyl (C=O) groups is 3. The zero-order chi connectivity index (χ0) is 19.8. The predicted molar refractivity (Wildman–Crippen MR) is 103 cm³/mol. The van der Waals surface area contributed by atoms with Crippen molar-refractivity contribution in [2.45, 2.75) is 13.8 Å². The van der Waals surface area contributed by atoms with Gasteiger partial charge in [-0.15, -0.1) is 0 Å². The second-order valence-corrected chi connectivity index (χ2v) is 5.97. The standard InChI is InChI=1S/C20H23N3O4/c1-13-7-6-8-14(2)19(13)23-18(25)12-21-17(24)11-22-20(26)15-9-4-5-10-16(15)27-3/h4-10H,11-12H2,1-3H3,(H,21,24)(H,22,26)(H,23,25). The van der Waals surface area contributed by atoms with Gasteiger partial charge >= 0.3 is 0 Å². The van der Waals surface area contributed by atoms with Crippen LogP contribution in [0.3, 0.4) is 0 Å². The molecule has 0 atom stereocenters. The van der Waals surface area contributed by atoms with E-state index >= 15 is 0 Å². The molecular weight excluding hydrogens is 346 g/mol. The molecule has 0 aliphatic heterocycles. The van der Waals surface area contributed by atoms with Crippen molar-refractivity contribution in [1.82, 2.24) is 10.6 Å². The van der Waals surface area contributed by atoms with Gasteiger partial charge in [0.2, 0.25) is 11.8 Å². The number of para-hydroxylation sites is 2. The van der Waals surface area contributed by atoms with Gasteiger partial charge in [0.05, 0.1) is 25.8 Å². The Bertz CT molecular complexity index is 829. The Balaban J connectivity index is 1.80. The number of amides is 3. The van der Waals surface area contributed by atoms with E-state index in [4.69, 9.17) is 4.74 Å². The Kier molecular flexibility index (Phi) is 6.93. The number of ether oxygens (including phenoxy) is 1. The SMILES string of the molecule is COc1ccccc1C(=O)NCC(=O)NCC(=O)Nc1c(C)cccc1C. The van der Waals surface area contributed by atoms with E-state index in [-0.39, 0.29) is 19.0 Å². The molecule has 0 heterocycles. The zero-order valence-electron chi connectivity index (χ0n) is 15.6. The van der Waals surface area contributed by atoms with Crippen molar-refractivity contribution in [3.63, 3.8) is 0 Å². The number of nitrogens with one attached hydrogen (secondary N) is 3. The Hall–Kier alpha value is -3.35. The zero-order valence-corrected chi connectivity index (χ0v) is 15.6. The molecule has 2 rings (SSSR count). The number of benzene rings is 2. The van der Waals surface area contributed by atoms with Gasteiger partial charge in [0.1, 0.15) is 5.75 Å². The van der Waals surface area contributed by atoms with Crippen LogP contribution in [-0.4, -0.2) is 37.9 Å². The number of carbonyl (C=O) groups excluding carboxylic acids is 3. The maximum atomic E-state index is 12.1. The molecule has 7 nitrogen and oxygen atoms in total. The number of hydrogen-bond donors (Lipinski definition) is 3. The Morgan fingerprint density at radius 3 is 2.15 bits per heavy atom. The summed E-state index contributed by atoms with van der Waals surface area (Å²) in [6, 6.07) is 12.4. The summed E-state index contributed by atoms with van der Waals surface area (Å²) in [7, 11) is 1.47. The van der Waals surface area contributed by atoms with E-state index in [1.165, 1.54) is 7.11 Å². The highest BCUT2D eigenvalue weighted by Crippen LogP contribution is 2.19. The van der Waals surface area contributed by atoms with Crippen molar-refractivity contribution in [2.75, 3.05) is 25.5 Å². The molecule has 0 fully saturated rings. The summed E-state index contributed by atoms with van der Waals surface area (Å²) in [6.45, 7) is 3.37. The fourth-order valence-electron chi connectivity index (χ4n) is 2.52. The van der Waals surface area contributed by atoms with Gasteiger partial charge in [-0.2, -0.15) is 0 Å². The molecule has 0 spiro atoms. The minimum atomic E-state index is -0.463. The molecule has 2 aromatic carbocycles. The van der Waals surface area contributed by atoms with Crippen molar-refractivity contribution in [3.8, 4) is 5.75 Å². The summed E-state index contributed by atoms with van der Waals surface area (Å²) in [4.78, 5) is 36.1. The maximum absolute atomic E-state index is 12.1. The average molecular weight is 369 g/mol. The number of aryl methyl sites for hydroxylation is 2. The lowest BCUT2D eigenvalue weighted by atomic mass is 10.1. The number of anilines is 1. The van der Waals surface area contributed by atoms with E-state index in [1.54, 1.807) is 24.3 Å². The van der Waals surface area contributed by atoms with Crippen molar-refractivity contribution in [1.29, 1.82) is 0 Å². The molecule has 0 aliphatic carbocycles. The lowest BCUT2D eigenvalue weighted by Gasteiger charge is -2.12. The molecule has 2 aromatic rings. The summed E-state index contributed by atoms with van der Waals surface area (Å²) in [5.74, 6) is -0.808. The first-order chi connectivity index (χ1) is 12.9. The largest absolute Gasteiger partial charge is 0.496 e. The molecule has 0 saturated carbocycles. The summed E-state index contributed by atoms with van der Waals surface area (Å²) in [5, 5.41) is 7.76. The van der Waals surface area contributed by atoms with Crippen molar-refractivity contribution >= 4 is 23.4 Å². The third-order valence-electron chi connectivity index (χ3n) is 3.95. The van der Waals surface area contributed by atoms with Gasteiger partial charge in [0.15, 0.2) is 0 Å². The van der Waals surface area contributed by atoms with Crippen LogP contribution in [0.1, 0.15) is 21.5 Å². The lowest BCUT2D eigenvalue weighted by Crippen LogP contribution is -2.40. The summed E-state index contributed by atoms with van der Waals surface area (Å²) >= 11 is 0. The van der Waals surface area contributed by atoms with Crippen LogP contribution in [0.2, 0.25) is 0 Å². The van der Waals surface area contributed by atoms with E-state index in [1.807, 2.05) is 32.0 Å². The molecule has 0 bridgehead atoms. The van der Waals surface area contributed by atoms with Gasteiger partial charge < -0.3 is 20.7 Å². The van der Waals surface area contributed by atoms with E-state index in [0.29, 0.717) is 11.3 Å². The molecule has 3 amide bonds. The molecule has 7 heteroatoms. The van der Waals surface area contributed by atoms with Crippen LogP contribution in [0.5, 0.6) is 5.75 Å². The monoisotopic (exact) mass is 369 g/mol. The maximum Gasteiger partial charge on any atom is 0.255 e. The first-order valence-electron chi connectivity index (χ1n) is 8.46.